The SMILES string of the molecule is Cc1ccc(O)cc1C12CCN(C(=O)Cc3cnc[nH]3)CCC1(O)C(C)N(CC1CC1)CC2. The van der Waals surface area contributed by atoms with Crippen molar-refractivity contribution in [3.05, 3.63) is 47.5 Å². The third-order valence-corrected chi connectivity index (χ3v) is 8.64. The monoisotopic (exact) mass is 452 g/mol. The normalized spacial score (nSPS) is 30.6. The molecule has 0 bridgehead atoms. The highest BCUT2D eigenvalue weighted by Crippen LogP contribution is 2.53. The Bertz CT molecular complexity index is 1000. The number of phenols is 1. The van der Waals surface area contributed by atoms with Crippen molar-refractivity contribution in [1.29, 1.82) is 0 Å². The first-order chi connectivity index (χ1) is 15.8. The van der Waals surface area contributed by atoms with Crippen molar-refractivity contribution >= 4 is 5.91 Å². The van der Waals surface area contributed by atoms with Crippen LogP contribution in [0.5, 0.6) is 5.75 Å². The highest BCUT2D eigenvalue weighted by Gasteiger charge is 2.59. The number of hydrogen-bond donors (Lipinski definition) is 3. The van der Waals surface area contributed by atoms with E-state index in [0.29, 0.717) is 32.4 Å². The van der Waals surface area contributed by atoms with Crippen LogP contribution in [0, 0.1) is 12.8 Å². The van der Waals surface area contributed by atoms with Crippen LogP contribution in [-0.4, -0.2) is 73.7 Å². The van der Waals surface area contributed by atoms with Crippen molar-refractivity contribution in [1.82, 2.24) is 19.8 Å². The molecule has 3 heterocycles. The number of aromatic amines is 1. The summed E-state index contributed by atoms with van der Waals surface area (Å²) in [5, 5.41) is 22.9. The average Bonchev–Trinajstić information content (AvgIpc) is 3.50. The largest absolute Gasteiger partial charge is 0.508 e. The molecule has 1 aromatic carbocycles. The van der Waals surface area contributed by atoms with Crippen LogP contribution in [0.15, 0.2) is 30.7 Å². The van der Waals surface area contributed by atoms with Gasteiger partial charge in [0, 0.05) is 43.0 Å². The van der Waals surface area contributed by atoms with Crippen molar-refractivity contribution in [3.63, 3.8) is 0 Å². The second-order valence-electron chi connectivity index (χ2n) is 10.5. The van der Waals surface area contributed by atoms with Gasteiger partial charge in [0.05, 0.1) is 18.3 Å². The third kappa shape index (κ3) is 3.95. The lowest BCUT2D eigenvalue weighted by molar-refractivity contribution is -0.137. The summed E-state index contributed by atoms with van der Waals surface area (Å²) in [6, 6.07) is 5.51. The Hall–Kier alpha value is -2.38. The number of nitrogens with zero attached hydrogens (tertiary/aromatic N) is 3. The number of likely N-dealkylation sites (tertiary alicyclic amines) is 2. The van der Waals surface area contributed by atoms with Gasteiger partial charge in [-0.15, -0.1) is 0 Å². The van der Waals surface area contributed by atoms with E-state index in [-0.39, 0.29) is 17.7 Å². The summed E-state index contributed by atoms with van der Waals surface area (Å²) >= 11 is 0. The molecule has 33 heavy (non-hydrogen) atoms. The van der Waals surface area contributed by atoms with Crippen LogP contribution in [0.25, 0.3) is 0 Å². The van der Waals surface area contributed by atoms with E-state index >= 15 is 0 Å². The Morgan fingerprint density at radius 3 is 2.70 bits per heavy atom. The molecule has 1 aromatic heterocycles. The van der Waals surface area contributed by atoms with Crippen LogP contribution in [0.1, 0.15) is 55.8 Å². The molecule has 3 aliphatic rings. The van der Waals surface area contributed by atoms with Gasteiger partial charge in [-0.25, -0.2) is 4.98 Å². The summed E-state index contributed by atoms with van der Waals surface area (Å²) in [5.41, 5.74) is 1.44. The van der Waals surface area contributed by atoms with E-state index in [4.69, 9.17) is 0 Å². The van der Waals surface area contributed by atoms with Gasteiger partial charge in [-0.3, -0.25) is 9.69 Å². The van der Waals surface area contributed by atoms with Crippen molar-refractivity contribution in [2.75, 3.05) is 26.2 Å². The molecule has 178 valence electrons. The number of fused-ring (bicyclic) bond motifs is 1. The fraction of sp³-hybridized carbons (Fsp3) is 0.615. The first kappa shape index (κ1) is 22.4. The fourth-order valence-electron chi connectivity index (χ4n) is 6.39. The van der Waals surface area contributed by atoms with E-state index in [0.717, 1.165) is 42.2 Å². The number of nitrogens with one attached hydrogen (secondary N) is 1. The molecule has 3 fully saturated rings. The third-order valence-electron chi connectivity index (χ3n) is 8.64. The molecule has 2 saturated heterocycles. The molecule has 0 radical (unpaired) electrons. The Labute approximate surface area is 195 Å². The van der Waals surface area contributed by atoms with Gasteiger partial charge in [0.15, 0.2) is 0 Å². The van der Waals surface area contributed by atoms with Crippen LogP contribution < -0.4 is 0 Å². The maximum absolute atomic E-state index is 13.1. The van der Waals surface area contributed by atoms with Gasteiger partial charge in [-0.1, -0.05) is 6.07 Å². The number of rotatable bonds is 5. The molecule has 1 saturated carbocycles. The van der Waals surface area contributed by atoms with Crippen LogP contribution in [0.3, 0.4) is 0 Å². The molecule has 3 unspecified atom stereocenters. The molecular weight excluding hydrogens is 416 g/mol. The summed E-state index contributed by atoms with van der Waals surface area (Å²) in [6.45, 7) is 7.33. The minimum atomic E-state index is -0.984. The van der Waals surface area contributed by atoms with Gasteiger partial charge in [0.25, 0.3) is 0 Å². The summed E-state index contributed by atoms with van der Waals surface area (Å²) in [7, 11) is 0. The standard InChI is InChI=1S/C26H36N4O3/c1-18-3-6-22(31)14-23(18)25-7-10-29(24(32)13-21-15-27-17-28-21)12-9-26(25,33)19(2)30(11-8-25)16-20-4-5-20/h3,6,14-15,17,19-20,31,33H,4-5,7-13,16H2,1-2H3,(H,27,28). The Kier molecular flexibility index (Phi) is 5.73. The highest BCUT2D eigenvalue weighted by atomic mass is 16.3. The fourth-order valence-corrected chi connectivity index (χ4v) is 6.39. The zero-order valence-electron chi connectivity index (χ0n) is 19.8. The lowest BCUT2D eigenvalue weighted by Crippen LogP contribution is -2.68. The van der Waals surface area contributed by atoms with Crippen LogP contribution in [-0.2, 0) is 16.6 Å². The topological polar surface area (TPSA) is 92.7 Å². The molecule has 7 nitrogen and oxygen atoms in total. The van der Waals surface area contributed by atoms with Crippen molar-refractivity contribution in [2.45, 2.75) is 69.4 Å². The Morgan fingerprint density at radius 2 is 1.97 bits per heavy atom. The number of carbonyl (C=O) groups excluding carboxylic acids is 1. The number of amides is 1. The minimum Gasteiger partial charge on any atom is -0.508 e. The number of piperidine rings is 1. The second kappa shape index (κ2) is 8.44. The van der Waals surface area contributed by atoms with Crippen LogP contribution in [0.4, 0.5) is 0 Å². The Morgan fingerprint density at radius 1 is 1.21 bits per heavy atom. The first-order valence-electron chi connectivity index (χ1n) is 12.3. The maximum atomic E-state index is 13.1. The lowest BCUT2D eigenvalue weighted by Gasteiger charge is -2.57. The van der Waals surface area contributed by atoms with E-state index < -0.39 is 11.0 Å². The molecule has 3 N–H and O–H groups in total. The van der Waals surface area contributed by atoms with Crippen LogP contribution in [0.2, 0.25) is 0 Å². The number of aliphatic hydroxyl groups is 1. The van der Waals surface area contributed by atoms with Gasteiger partial charge in [0.2, 0.25) is 5.91 Å². The second-order valence-corrected chi connectivity index (χ2v) is 10.5. The van der Waals surface area contributed by atoms with Crippen LogP contribution >= 0.6 is 0 Å². The van der Waals surface area contributed by atoms with Crippen molar-refractivity contribution in [2.24, 2.45) is 5.92 Å². The summed E-state index contributed by atoms with van der Waals surface area (Å²) in [4.78, 5) is 24.6. The number of hydrogen-bond acceptors (Lipinski definition) is 5. The minimum absolute atomic E-state index is 0.0174. The van der Waals surface area contributed by atoms with E-state index in [1.54, 1.807) is 18.6 Å². The number of benzene rings is 1. The predicted molar refractivity (Wildman–Crippen MR) is 126 cm³/mol. The molecule has 1 aliphatic carbocycles. The number of aryl methyl sites for hydroxylation is 1. The van der Waals surface area contributed by atoms with E-state index in [1.807, 2.05) is 17.0 Å². The van der Waals surface area contributed by atoms with E-state index in [9.17, 15) is 15.0 Å². The predicted octanol–water partition coefficient (Wildman–Crippen LogP) is 2.76. The van der Waals surface area contributed by atoms with Crippen molar-refractivity contribution < 1.29 is 15.0 Å². The highest BCUT2D eigenvalue weighted by molar-refractivity contribution is 5.78. The summed E-state index contributed by atoms with van der Waals surface area (Å²) in [6.07, 6.45) is 8.19. The van der Waals surface area contributed by atoms with E-state index in [1.165, 1.54) is 12.8 Å². The molecule has 1 amide bonds. The smallest absolute Gasteiger partial charge is 0.228 e. The van der Waals surface area contributed by atoms with E-state index in [2.05, 4.69) is 28.7 Å². The number of aromatic hydroxyl groups is 1. The quantitative estimate of drug-likeness (QED) is 0.649. The molecule has 0 spiro atoms. The van der Waals surface area contributed by atoms with Gasteiger partial charge in [-0.05, 0) is 81.7 Å². The van der Waals surface area contributed by atoms with Gasteiger partial charge < -0.3 is 20.1 Å². The molecule has 7 heteroatoms. The summed E-state index contributed by atoms with van der Waals surface area (Å²) in [5.74, 6) is 1.05. The first-order valence-corrected chi connectivity index (χ1v) is 12.3. The molecule has 3 atom stereocenters. The molecule has 2 aromatic rings. The number of H-pyrrole nitrogens is 1. The van der Waals surface area contributed by atoms with Crippen molar-refractivity contribution in [3.8, 4) is 5.75 Å². The summed E-state index contributed by atoms with van der Waals surface area (Å²) < 4.78 is 0. The molecular formula is C26H36N4O3. The van der Waals surface area contributed by atoms with Gasteiger partial charge in [-0.2, -0.15) is 0 Å². The Balaban J connectivity index is 1.49. The molecule has 5 rings (SSSR count). The number of carbonyl (C=O) groups is 1. The zero-order valence-corrected chi connectivity index (χ0v) is 19.8. The number of imidazole rings is 1. The average molecular weight is 453 g/mol. The number of aromatic nitrogens is 2. The number of phenolic OH excluding ortho intramolecular Hbond substituents is 1. The zero-order chi connectivity index (χ0) is 23.2. The van der Waals surface area contributed by atoms with Gasteiger partial charge in [0.1, 0.15) is 5.75 Å². The molecule has 2 aliphatic heterocycles. The maximum Gasteiger partial charge on any atom is 0.228 e. The van der Waals surface area contributed by atoms with Gasteiger partial charge >= 0.3 is 0 Å². The lowest BCUT2D eigenvalue weighted by atomic mass is 9.57.